The van der Waals surface area contributed by atoms with E-state index in [0.29, 0.717) is 55.9 Å². The summed E-state index contributed by atoms with van der Waals surface area (Å²) >= 11 is 0. The van der Waals surface area contributed by atoms with Gasteiger partial charge in [-0.2, -0.15) is 0 Å². The van der Waals surface area contributed by atoms with E-state index in [1.165, 1.54) is 26.5 Å². The van der Waals surface area contributed by atoms with E-state index in [4.69, 9.17) is 19.9 Å². The molecule has 1 aromatic rings. The third kappa shape index (κ3) is 11.1. The van der Waals surface area contributed by atoms with Crippen molar-refractivity contribution in [3.05, 3.63) is 81.8 Å². The quantitative estimate of drug-likeness (QED) is 0.232. The van der Waals surface area contributed by atoms with Gasteiger partial charge < -0.3 is 40.6 Å². The SMILES string of the molecule is CO[C@H]1/C=C\C=C(/C)C(=O)NC2=CC(=O)C(NCC3CCN(C(=O)c4cnc(C)c(C)n4)CC3)=C(C[C@@H](C)C[C@H](OC)[C@H](O)[C@@H](C)/C=C(\C)[C@@H]1OC(N)=O)C2=O. The molecule has 1 aromatic heterocycles. The minimum Gasteiger partial charge on any atom is -0.439 e. The molecule has 0 radical (unpaired) electrons. The molecule has 1 saturated heterocycles. The summed E-state index contributed by atoms with van der Waals surface area (Å²) in [6.07, 6.45) is 6.45. The molecule has 5 N–H and O–H groups in total. The van der Waals surface area contributed by atoms with E-state index < -0.39 is 53.9 Å². The molecule has 0 aromatic carbocycles. The van der Waals surface area contributed by atoms with E-state index in [-0.39, 0.29) is 46.7 Å². The number of primary amides is 1. The van der Waals surface area contributed by atoms with Crippen molar-refractivity contribution in [3.63, 3.8) is 0 Å². The lowest BCUT2D eigenvalue weighted by molar-refractivity contribution is -0.120. The summed E-state index contributed by atoms with van der Waals surface area (Å²) < 4.78 is 16.8. The number of nitrogens with zero attached hydrogens (tertiary/aromatic N) is 3. The molecule has 15 nitrogen and oxygen atoms in total. The fourth-order valence-electron chi connectivity index (χ4n) is 7.17. The van der Waals surface area contributed by atoms with Crippen molar-refractivity contribution in [2.24, 2.45) is 23.5 Å². The van der Waals surface area contributed by atoms with Gasteiger partial charge in [0.1, 0.15) is 11.8 Å². The number of carbonyl (C=O) groups excluding carboxylic acids is 5. The monoisotopic (exact) mass is 776 g/mol. The number of carbonyl (C=O) groups is 5. The summed E-state index contributed by atoms with van der Waals surface area (Å²) in [4.78, 5) is 76.6. The Morgan fingerprint density at radius 2 is 1.75 bits per heavy atom. The second kappa shape index (κ2) is 19.7. The third-order valence-electron chi connectivity index (χ3n) is 10.7. The van der Waals surface area contributed by atoms with Gasteiger partial charge in [-0.15, -0.1) is 0 Å². The van der Waals surface area contributed by atoms with E-state index >= 15 is 0 Å². The third-order valence-corrected chi connectivity index (χ3v) is 10.7. The van der Waals surface area contributed by atoms with Crippen molar-refractivity contribution in [1.29, 1.82) is 0 Å². The maximum atomic E-state index is 14.1. The van der Waals surface area contributed by atoms with Crippen LogP contribution in [0.1, 0.15) is 75.3 Å². The number of amides is 3. The lowest BCUT2D eigenvalue weighted by Gasteiger charge is -2.33. The van der Waals surface area contributed by atoms with Crippen LogP contribution in [0.25, 0.3) is 0 Å². The normalized spacial score (nSPS) is 28.7. The number of ketones is 2. The number of piperidine rings is 1. The largest absolute Gasteiger partial charge is 0.439 e. The molecule has 3 aliphatic rings. The molecule has 2 aliphatic heterocycles. The predicted octanol–water partition coefficient (Wildman–Crippen LogP) is 3.31. The Bertz CT molecular complexity index is 1820. The lowest BCUT2D eigenvalue weighted by atomic mass is 9.85. The number of nitrogens with two attached hydrogens (primary N) is 1. The average molecular weight is 777 g/mol. The molecule has 56 heavy (non-hydrogen) atoms. The zero-order chi connectivity index (χ0) is 41.3. The number of nitrogens with one attached hydrogen (secondary N) is 2. The van der Waals surface area contributed by atoms with Crippen LogP contribution in [-0.2, 0) is 28.6 Å². The van der Waals surface area contributed by atoms with Gasteiger partial charge >= 0.3 is 6.09 Å². The Kier molecular flexibility index (Phi) is 15.4. The number of rotatable bonds is 7. The molecule has 4 rings (SSSR count). The Morgan fingerprint density at radius 1 is 1.05 bits per heavy atom. The maximum Gasteiger partial charge on any atom is 0.405 e. The van der Waals surface area contributed by atoms with Crippen LogP contribution in [0.15, 0.2) is 64.7 Å². The number of hydrogen-bond acceptors (Lipinski definition) is 12. The fraction of sp³-hybridized carbons (Fsp3) is 0.537. The van der Waals surface area contributed by atoms with Gasteiger partial charge in [0.15, 0.2) is 6.10 Å². The number of ether oxygens (including phenoxy) is 3. The van der Waals surface area contributed by atoms with Gasteiger partial charge in [0.2, 0.25) is 11.6 Å². The number of aryl methyl sites for hydroxylation is 2. The minimum atomic E-state index is -1.01. The molecule has 0 spiro atoms. The molecule has 304 valence electrons. The van der Waals surface area contributed by atoms with Crippen molar-refractivity contribution >= 4 is 29.5 Å². The Morgan fingerprint density at radius 3 is 2.38 bits per heavy atom. The zero-order valence-electron chi connectivity index (χ0n) is 33.6. The smallest absolute Gasteiger partial charge is 0.405 e. The van der Waals surface area contributed by atoms with Gasteiger partial charge in [-0.25, -0.2) is 9.78 Å². The van der Waals surface area contributed by atoms with E-state index in [2.05, 4.69) is 20.6 Å². The molecular weight excluding hydrogens is 720 g/mol. The number of likely N-dealkylation sites (tertiary alicyclic amines) is 1. The summed E-state index contributed by atoms with van der Waals surface area (Å²) in [6, 6.07) is 0. The molecule has 1 fully saturated rings. The maximum absolute atomic E-state index is 14.1. The summed E-state index contributed by atoms with van der Waals surface area (Å²) in [5.74, 6) is -2.32. The van der Waals surface area contributed by atoms with E-state index in [1.807, 2.05) is 20.8 Å². The van der Waals surface area contributed by atoms with Crippen LogP contribution in [0.2, 0.25) is 0 Å². The highest BCUT2D eigenvalue weighted by molar-refractivity contribution is 6.23. The molecule has 0 saturated carbocycles. The molecular formula is C41H56N6O9. The second-order valence-corrected chi connectivity index (χ2v) is 15.0. The van der Waals surface area contributed by atoms with Crippen molar-refractivity contribution < 1.29 is 43.3 Å². The van der Waals surface area contributed by atoms with Gasteiger partial charge in [-0.3, -0.25) is 24.2 Å². The first-order valence-electron chi connectivity index (χ1n) is 19.0. The second-order valence-electron chi connectivity index (χ2n) is 15.0. The first-order chi connectivity index (χ1) is 26.5. The van der Waals surface area contributed by atoms with Crippen molar-refractivity contribution in [2.45, 2.75) is 91.6 Å². The topological polar surface area (TPSA) is 212 Å². The molecule has 3 amide bonds. The van der Waals surface area contributed by atoms with Gasteiger partial charge in [-0.05, 0) is 70.8 Å². The minimum absolute atomic E-state index is 0.115. The van der Waals surface area contributed by atoms with Crippen LogP contribution in [0, 0.1) is 31.6 Å². The number of hydrogen-bond donors (Lipinski definition) is 4. The van der Waals surface area contributed by atoms with Crippen LogP contribution in [0.4, 0.5) is 4.79 Å². The first kappa shape index (κ1) is 43.7. The molecule has 15 heteroatoms. The highest BCUT2D eigenvalue weighted by Crippen LogP contribution is 2.29. The number of aliphatic hydroxyl groups excluding tert-OH is 1. The summed E-state index contributed by atoms with van der Waals surface area (Å²) in [5.41, 5.74) is 8.23. The standard InChI is InChI=1S/C41H56N6O9/c1-22-16-29-35(44-20-28-12-14-47(15-13-28)40(52)31-21-43-26(5)27(6)45-31)32(48)19-30(37(29)50)46-39(51)23(2)10-9-11-33(54-7)38(56-41(42)53)25(4)18-24(3)36(49)34(17-22)55-8/h9-11,18-19,21-22,24,28,33-34,36,38,44,49H,12-17,20H2,1-8H3,(H2,42,53)(H,46,51)/b11-9-,23-10+,25-18+/t22-,24+,33+,34+,36-,38+/m1/s1. The summed E-state index contributed by atoms with van der Waals surface area (Å²) in [6.45, 7) is 12.1. The zero-order valence-corrected chi connectivity index (χ0v) is 33.6. The number of methoxy groups -OCH3 is 2. The average Bonchev–Trinajstić information content (AvgIpc) is 3.16. The number of aromatic nitrogens is 2. The molecule has 0 unspecified atom stereocenters. The van der Waals surface area contributed by atoms with E-state index in [9.17, 15) is 29.1 Å². The van der Waals surface area contributed by atoms with Gasteiger partial charge in [0.25, 0.3) is 11.8 Å². The lowest BCUT2D eigenvalue weighted by Crippen LogP contribution is -2.42. The summed E-state index contributed by atoms with van der Waals surface area (Å²) in [7, 11) is 2.92. The molecule has 3 heterocycles. The van der Waals surface area contributed by atoms with Crippen LogP contribution in [-0.4, -0.2) is 108 Å². The number of aliphatic hydroxyl groups is 1. The van der Waals surface area contributed by atoms with Crippen molar-refractivity contribution in [3.8, 4) is 0 Å². The van der Waals surface area contributed by atoms with Crippen LogP contribution < -0.4 is 16.4 Å². The highest BCUT2D eigenvalue weighted by atomic mass is 16.6. The predicted molar refractivity (Wildman–Crippen MR) is 208 cm³/mol. The number of Topliss-reactive ketones (excluding diaryl/α,β-unsaturated/α-hetero) is 1. The summed E-state index contributed by atoms with van der Waals surface area (Å²) in [5, 5.41) is 17.3. The van der Waals surface area contributed by atoms with Gasteiger partial charge in [-0.1, -0.05) is 38.2 Å². The van der Waals surface area contributed by atoms with Gasteiger partial charge in [0.05, 0.1) is 41.2 Å². The first-order valence-corrected chi connectivity index (χ1v) is 19.0. The van der Waals surface area contributed by atoms with Gasteiger partial charge in [0, 0.05) is 57.0 Å². The Hall–Kier alpha value is -4.99. The highest BCUT2D eigenvalue weighted by Gasteiger charge is 2.34. The van der Waals surface area contributed by atoms with Crippen LogP contribution in [0.3, 0.4) is 0 Å². The Balaban J connectivity index is 1.59. The van der Waals surface area contributed by atoms with Crippen LogP contribution >= 0.6 is 0 Å². The van der Waals surface area contributed by atoms with E-state index in [1.54, 1.807) is 43.9 Å². The number of allylic oxidation sites excluding steroid dienone is 4. The van der Waals surface area contributed by atoms with E-state index in [0.717, 1.165) is 11.8 Å². The molecule has 6 atom stereocenters. The van der Waals surface area contributed by atoms with Crippen molar-refractivity contribution in [1.82, 2.24) is 25.5 Å². The molecule has 2 bridgehead atoms. The number of fused-ring (bicyclic) bond motifs is 2. The van der Waals surface area contributed by atoms with Crippen LogP contribution in [0.5, 0.6) is 0 Å². The Labute approximate surface area is 328 Å². The fourth-order valence-corrected chi connectivity index (χ4v) is 7.17. The van der Waals surface area contributed by atoms with Crippen molar-refractivity contribution in [2.75, 3.05) is 33.9 Å². The molecule has 1 aliphatic carbocycles.